The van der Waals surface area contributed by atoms with Crippen LogP contribution in [0.1, 0.15) is 46.1 Å². The molecule has 2 N–H and O–H groups in total. The molecule has 28 heavy (non-hydrogen) atoms. The molecule has 0 saturated carbocycles. The van der Waals surface area contributed by atoms with Crippen LogP contribution in [0.2, 0.25) is 0 Å². The smallest absolute Gasteiger partial charge is 0.231 e. The molecule has 1 aromatic rings. The van der Waals surface area contributed by atoms with Crippen molar-refractivity contribution in [1.29, 1.82) is 0 Å². The minimum Gasteiger partial charge on any atom is -0.454 e. The van der Waals surface area contributed by atoms with Crippen molar-refractivity contribution in [2.45, 2.75) is 53.0 Å². The van der Waals surface area contributed by atoms with Crippen LogP contribution in [0.25, 0.3) is 0 Å². The second kappa shape index (κ2) is 13.9. The Morgan fingerprint density at radius 1 is 1.18 bits per heavy atom. The minimum absolute atomic E-state index is 0. The van der Waals surface area contributed by atoms with Crippen LogP contribution in [0, 0.1) is 0 Å². The van der Waals surface area contributed by atoms with Crippen molar-refractivity contribution in [3.05, 3.63) is 23.8 Å². The summed E-state index contributed by atoms with van der Waals surface area (Å²) in [6.45, 7) is 14.1. The Hall–Kier alpha value is -1.22. The predicted octanol–water partition coefficient (Wildman–Crippen LogP) is 3.64. The first-order valence-corrected chi connectivity index (χ1v) is 10.3. The fraction of sp³-hybridized carbons (Fsp3) is 0.667. The zero-order valence-electron chi connectivity index (χ0n) is 17.8. The van der Waals surface area contributed by atoms with Crippen LogP contribution in [0.5, 0.6) is 11.5 Å². The van der Waals surface area contributed by atoms with E-state index < -0.39 is 0 Å². The summed E-state index contributed by atoms with van der Waals surface area (Å²) in [6, 6.07) is 6.51. The molecule has 0 radical (unpaired) electrons. The van der Waals surface area contributed by atoms with E-state index in [2.05, 4.69) is 49.3 Å². The molecule has 1 aromatic carbocycles. The van der Waals surface area contributed by atoms with E-state index in [4.69, 9.17) is 14.5 Å². The Kier molecular flexibility index (Phi) is 12.3. The molecule has 1 heterocycles. The highest BCUT2D eigenvalue weighted by atomic mass is 127. The zero-order chi connectivity index (χ0) is 19.5. The van der Waals surface area contributed by atoms with Gasteiger partial charge in [-0.3, -0.25) is 4.99 Å². The van der Waals surface area contributed by atoms with E-state index in [-0.39, 0.29) is 24.0 Å². The molecule has 7 heteroatoms. The first-order valence-electron chi connectivity index (χ1n) is 10.3. The summed E-state index contributed by atoms with van der Waals surface area (Å²) >= 11 is 0. The Bertz CT molecular complexity index is 594. The van der Waals surface area contributed by atoms with Gasteiger partial charge in [-0.1, -0.05) is 19.9 Å². The van der Waals surface area contributed by atoms with E-state index in [9.17, 15) is 0 Å². The van der Waals surface area contributed by atoms with Gasteiger partial charge in [0.15, 0.2) is 17.5 Å². The van der Waals surface area contributed by atoms with Gasteiger partial charge in [-0.05, 0) is 70.4 Å². The molecule has 1 aliphatic rings. The summed E-state index contributed by atoms with van der Waals surface area (Å²) in [5.41, 5.74) is 1.21. The SMILES string of the molecule is CCNC(=NCCc1ccc2c(c1)OCO2)NC(C)CCCN(CC)CC.I. The number of hydrogen-bond donors (Lipinski definition) is 2. The van der Waals surface area contributed by atoms with Gasteiger partial charge in [-0.2, -0.15) is 0 Å². The average Bonchev–Trinajstić information content (AvgIpc) is 3.13. The average molecular weight is 504 g/mol. The maximum absolute atomic E-state index is 5.44. The van der Waals surface area contributed by atoms with Crippen LogP contribution >= 0.6 is 24.0 Å². The summed E-state index contributed by atoms with van der Waals surface area (Å²) in [5, 5.41) is 6.88. The standard InChI is InChI=1S/C21H36N4O2.HI/c1-5-22-21(24-17(4)9-8-14-25(6-2)7-3)23-13-12-18-10-11-19-20(15-18)27-16-26-19;/h10-11,15,17H,5-9,12-14,16H2,1-4H3,(H2,22,23,24);1H. The fourth-order valence-electron chi connectivity index (χ4n) is 3.18. The van der Waals surface area contributed by atoms with Gasteiger partial charge in [0.05, 0.1) is 0 Å². The summed E-state index contributed by atoms with van der Waals surface area (Å²) < 4.78 is 10.8. The summed E-state index contributed by atoms with van der Waals surface area (Å²) in [7, 11) is 0. The lowest BCUT2D eigenvalue weighted by molar-refractivity contribution is 0.174. The summed E-state index contributed by atoms with van der Waals surface area (Å²) in [6.07, 6.45) is 3.22. The van der Waals surface area contributed by atoms with Gasteiger partial charge in [0.1, 0.15) is 0 Å². The number of nitrogens with one attached hydrogen (secondary N) is 2. The topological polar surface area (TPSA) is 58.1 Å². The van der Waals surface area contributed by atoms with Crippen LogP contribution in [-0.2, 0) is 6.42 Å². The second-order valence-corrected chi connectivity index (χ2v) is 6.91. The van der Waals surface area contributed by atoms with Gasteiger partial charge in [0, 0.05) is 19.1 Å². The van der Waals surface area contributed by atoms with Gasteiger partial charge in [-0.15, -0.1) is 24.0 Å². The van der Waals surface area contributed by atoms with E-state index >= 15 is 0 Å². The molecule has 1 atom stereocenters. The molecule has 0 fully saturated rings. The van der Waals surface area contributed by atoms with Crippen molar-refractivity contribution in [1.82, 2.24) is 15.5 Å². The van der Waals surface area contributed by atoms with E-state index in [1.807, 2.05) is 12.1 Å². The fourth-order valence-corrected chi connectivity index (χ4v) is 3.18. The third-order valence-electron chi connectivity index (χ3n) is 4.84. The number of fused-ring (bicyclic) bond motifs is 1. The second-order valence-electron chi connectivity index (χ2n) is 6.91. The number of ether oxygens (including phenoxy) is 2. The number of benzene rings is 1. The van der Waals surface area contributed by atoms with Crippen molar-refractivity contribution in [3.63, 3.8) is 0 Å². The Balaban J connectivity index is 0.00000392. The Labute approximate surface area is 187 Å². The van der Waals surface area contributed by atoms with E-state index in [1.54, 1.807) is 0 Å². The zero-order valence-corrected chi connectivity index (χ0v) is 20.1. The van der Waals surface area contributed by atoms with E-state index in [1.165, 1.54) is 12.0 Å². The molecule has 0 aromatic heterocycles. The molecule has 6 nitrogen and oxygen atoms in total. The number of aliphatic imine (C=N–C) groups is 1. The van der Waals surface area contributed by atoms with Crippen molar-refractivity contribution in [2.24, 2.45) is 4.99 Å². The number of hydrogen-bond acceptors (Lipinski definition) is 4. The third kappa shape index (κ3) is 8.43. The summed E-state index contributed by atoms with van der Waals surface area (Å²) in [4.78, 5) is 7.20. The van der Waals surface area contributed by atoms with Gasteiger partial charge >= 0.3 is 0 Å². The Morgan fingerprint density at radius 2 is 1.93 bits per heavy atom. The molecule has 0 amide bonds. The van der Waals surface area contributed by atoms with Crippen molar-refractivity contribution in [2.75, 3.05) is 39.5 Å². The molecule has 1 unspecified atom stereocenters. The molecular weight excluding hydrogens is 467 g/mol. The maximum Gasteiger partial charge on any atom is 0.231 e. The van der Waals surface area contributed by atoms with Gasteiger partial charge < -0.3 is 25.0 Å². The van der Waals surface area contributed by atoms with E-state index in [0.717, 1.165) is 63.0 Å². The van der Waals surface area contributed by atoms with Crippen LogP contribution in [0.3, 0.4) is 0 Å². The monoisotopic (exact) mass is 504 g/mol. The lowest BCUT2D eigenvalue weighted by atomic mass is 10.1. The molecule has 1 aliphatic heterocycles. The predicted molar refractivity (Wildman–Crippen MR) is 127 cm³/mol. The minimum atomic E-state index is 0. The highest BCUT2D eigenvalue weighted by molar-refractivity contribution is 14.0. The number of rotatable bonds is 11. The van der Waals surface area contributed by atoms with Gasteiger partial charge in [0.2, 0.25) is 6.79 Å². The summed E-state index contributed by atoms with van der Waals surface area (Å²) in [5.74, 6) is 2.56. The number of nitrogens with zero attached hydrogens (tertiary/aromatic N) is 2. The van der Waals surface area contributed by atoms with E-state index in [0.29, 0.717) is 12.8 Å². The lowest BCUT2D eigenvalue weighted by Crippen LogP contribution is -2.42. The molecule has 2 rings (SSSR count). The van der Waals surface area contributed by atoms with Crippen LogP contribution in [0.4, 0.5) is 0 Å². The first-order chi connectivity index (χ1) is 13.2. The molecule has 0 spiro atoms. The molecule has 0 saturated heterocycles. The molecular formula is C21H37IN4O2. The van der Waals surface area contributed by atoms with Crippen LogP contribution < -0.4 is 20.1 Å². The van der Waals surface area contributed by atoms with Crippen LogP contribution in [-0.4, -0.2) is 56.4 Å². The normalized spacial score (nSPS) is 14.0. The largest absolute Gasteiger partial charge is 0.454 e. The van der Waals surface area contributed by atoms with Crippen molar-refractivity contribution < 1.29 is 9.47 Å². The molecule has 160 valence electrons. The molecule has 0 aliphatic carbocycles. The quantitative estimate of drug-likeness (QED) is 0.274. The lowest BCUT2D eigenvalue weighted by Gasteiger charge is -2.21. The molecule has 0 bridgehead atoms. The van der Waals surface area contributed by atoms with Crippen molar-refractivity contribution in [3.8, 4) is 11.5 Å². The Morgan fingerprint density at radius 3 is 2.64 bits per heavy atom. The highest BCUT2D eigenvalue weighted by Gasteiger charge is 2.13. The maximum atomic E-state index is 5.44. The van der Waals surface area contributed by atoms with Crippen molar-refractivity contribution >= 4 is 29.9 Å². The van der Waals surface area contributed by atoms with Gasteiger partial charge in [0.25, 0.3) is 0 Å². The highest BCUT2D eigenvalue weighted by Crippen LogP contribution is 2.32. The first kappa shape index (κ1) is 24.8. The third-order valence-corrected chi connectivity index (χ3v) is 4.84. The number of guanidine groups is 1. The van der Waals surface area contributed by atoms with Crippen LogP contribution in [0.15, 0.2) is 23.2 Å². The van der Waals surface area contributed by atoms with Gasteiger partial charge in [-0.25, -0.2) is 0 Å². The number of halogens is 1.